The van der Waals surface area contributed by atoms with Crippen molar-refractivity contribution in [3.8, 4) is 0 Å². The standard InChI is InChI=1S/C13H22N4/c1-13(2,3)10-4-5-17(9-10)12-8-15-11(6-14)7-16-12/h7-8,10H,4-6,9,14H2,1-3H3. The molecule has 4 heteroatoms. The van der Waals surface area contributed by atoms with E-state index in [-0.39, 0.29) is 0 Å². The Kier molecular flexibility index (Phi) is 3.33. The predicted molar refractivity (Wildman–Crippen MR) is 69.7 cm³/mol. The molecule has 2 rings (SSSR count). The van der Waals surface area contributed by atoms with Crippen molar-refractivity contribution in [2.45, 2.75) is 33.7 Å². The summed E-state index contributed by atoms with van der Waals surface area (Å²) in [7, 11) is 0. The molecule has 0 bridgehead atoms. The molecule has 1 unspecified atom stereocenters. The molecule has 1 fully saturated rings. The minimum absolute atomic E-state index is 0.374. The number of anilines is 1. The maximum Gasteiger partial charge on any atom is 0.147 e. The van der Waals surface area contributed by atoms with Gasteiger partial charge in [0.05, 0.1) is 18.1 Å². The van der Waals surface area contributed by atoms with Crippen molar-refractivity contribution < 1.29 is 0 Å². The van der Waals surface area contributed by atoms with Gasteiger partial charge in [0.15, 0.2) is 0 Å². The van der Waals surface area contributed by atoms with E-state index in [0.29, 0.717) is 12.0 Å². The SMILES string of the molecule is CC(C)(C)C1CCN(c2cnc(CN)cn2)C1. The summed E-state index contributed by atoms with van der Waals surface area (Å²) in [6, 6.07) is 0. The fraction of sp³-hybridized carbons (Fsp3) is 0.692. The zero-order valence-electron chi connectivity index (χ0n) is 11.0. The van der Waals surface area contributed by atoms with Crippen LogP contribution in [0, 0.1) is 11.3 Å². The summed E-state index contributed by atoms with van der Waals surface area (Å²) in [5, 5.41) is 0. The van der Waals surface area contributed by atoms with Gasteiger partial charge in [0, 0.05) is 19.6 Å². The summed E-state index contributed by atoms with van der Waals surface area (Å²) in [5.41, 5.74) is 6.74. The molecule has 0 aromatic carbocycles. The van der Waals surface area contributed by atoms with E-state index in [1.54, 1.807) is 6.20 Å². The molecule has 94 valence electrons. The number of hydrogen-bond donors (Lipinski definition) is 1. The fourth-order valence-corrected chi connectivity index (χ4v) is 2.29. The van der Waals surface area contributed by atoms with Crippen LogP contribution in [0.2, 0.25) is 0 Å². The molecule has 0 amide bonds. The van der Waals surface area contributed by atoms with Gasteiger partial charge in [-0.25, -0.2) is 4.98 Å². The largest absolute Gasteiger partial charge is 0.355 e. The van der Waals surface area contributed by atoms with Crippen LogP contribution >= 0.6 is 0 Å². The van der Waals surface area contributed by atoms with Crippen molar-refractivity contribution in [3.05, 3.63) is 18.1 Å². The van der Waals surface area contributed by atoms with Crippen LogP contribution in [0.3, 0.4) is 0 Å². The molecule has 0 saturated carbocycles. The molecule has 1 saturated heterocycles. The van der Waals surface area contributed by atoms with E-state index < -0.39 is 0 Å². The van der Waals surface area contributed by atoms with Crippen molar-refractivity contribution in [1.82, 2.24) is 9.97 Å². The lowest BCUT2D eigenvalue weighted by Gasteiger charge is -2.27. The maximum absolute atomic E-state index is 5.52. The van der Waals surface area contributed by atoms with E-state index in [9.17, 15) is 0 Å². The van der Waals surface area contributed by atoms with E-state index in [1.807, 2.05) is 6.20 Å². The monoisotopic (exact) mass is 234 g/mol. The molecule has 17 heavy (non-hydrogen) atoms. The minimum atomic E-state index is 0.374. The first kappa shape index (κ1) is 12.3. The third-order valence-corrected chi connectivity index (χ3v) is 3.64. The Morgan fingerprint density at radius 2 is 2.12 bits per heavy atom. The van der Waals surface area contributed by atoms with Crippen molar-refractivity contribution in [2.75, 3.05) is 18.0 Å². The highest BCUT2D eigenvalue weighted by Crippen LogP contribution is 2.34. The Hall–Kier alpha value is -1.16. The Morgan fingerprint density at radius 3 is 2.59 bits per heavy atom. The molecule has 1 aliphatic rings. The van der Waals surface area contributed by atoms with Gasteiger partial charge in [0.1, 0.15) is 5.82 Å². The second-order valence-electron chi connectivity index (χ2n) is 5.87. The lowest BCUT2D eigenvalue weighted by Crippen LogP contribution is -2.26. The number of aromatic nitrogens is 2. The van der Waals surface area contributed by atoms with Gasteiger partial charge in [-0.05, 0) is 17.8 Å². The first-order chi connectivity index (χ1) is 8.00. The maximum atomic E-state index is 5.52. The van der Waals surface area contributed by atoms with Gasteiger partial charge in [0.2, 0.25) is 0 Å². The van der Waals surface area contributed by atoms with Gasteiger partial charge in [0.25, 0.3) is 0 Å². The Morgan fingerprint density at radius 1 is 1.35 bits per heavy atom. The Labute approximate surface area is 103 Å². The van der Waals surface area contributed by atoms with E-state index in [0.717, 1.165) is 30.5 Å². The number of nitrogens with zero attached hydrogens (tertiary/aromatic N) is 3. The van der Waals surface area contributed by atoms with Crippen LogP contribution in [0.4, 0.5) is 5.82 Å². The summed E-state index contributed by atoms with van der Waals surface area (Å²) in [4.78, 5) is 11.1. The van der Waals surface area contributed by atoms with Crippen LogP contribution in [0.15, 0.2) is 12.4 Å². The second kappa shape index (κ2) is 4.61. The summed E-state index contributed by atoms with van der Waals surface area (Å²) < 4.78 is 0. The Balaban J connectivity index is 2.05. The molecular weight excluding hydrogens is 212 g/mol. The van der Waals surface area contributed by atoms with E-state index >= 15 is 0 Å². The first-order valence-corrected chi connectivity index (χ1v) is 6.26. The number of hydrogen-bond acceptors (Lipinski definition) is 4. The van der Waals surface area contributed by atoms with Crippen molar-refractivity contribution in [2.24, 2.45) is 17.1 Å². The predicted octanol–water partition coefficient (Wildman–Crippen LogP) is 1.81. The summed E-state index contributed by atoms with van der Waals surface area (Å²) in [5.74, 6) is 1.72. The molecule has 1 atom stereocenters. The van der Waals surface area contributed by atoms with E-state index in [1.165, 1.54) is 6.42 Å². The molecule has 1 aromatic heterocycles. The van der Waals surface area contributed by atoms with Gasteiger partial charge in [-0.1, -0.05) is 20.8 Å². The Bertz CT molecular complexity index is 366. The number of rotatable bonds is 2. The van der Waals surface area contributed by atoms with E-state index in [2.05, 4.69) is 35.6 Å². The molecule has 1 aromatic rings. The molecule has 0 spiro atoms. The number of nitrogens with two attached hydrogens (primary N) is 1. The lowest BCUT2D eigenvalue weighted by atomic mass is 9.80. The van der Waals surface area contributed by atoms with Crippen LogP contribution in [-0.4, -0.2) is 23.1 Å². The van der Waals surface area contributed by atoms with Gasteiger partial charge < -0.3 is 10.6 Å². The topological polar surface area (TPSA) is 55.0 Å². The molecule has 2 N–H and O–H groups in total. The molecule has 4 nitrogen and oxygen atoms in total. The van der Waals surface area contributed by atoms with Crippen molar-refractivity contribution in [3.63, 3.8) is 0 Å². The van der Waals surface area contributed by atoms with E-state index in [4.69, 9.17) is 5.73 Å². The fourth-order valence-electron chi connectivity index (χ4n) is 2.29. The molecule has 0 radical (unpaired) electrons. The minimum Gasteiger partial charge on any atom is -0.355 e. The highest BCUT2D eigenvalue weighted by molar-refractivity contribution is 5.37. The lowest BCUT2D eigenvalue weighted by molar-refractivity contribution is 0.263. The molecule has 1 aliphatic heterocycles. The average molecular weight is 234 g/mol. The molecule has 2 heterocycles. The van der Waals surface area contributed by atoms with Crippen LogP contribution in [0.1, 0.15) is 32.9 Å². The van der Waals surface area contributed by atoms with Gasteiger partial charge in [-0.2, -0.15) is 0 Å². The molecule has 0 aliphatic carbocycles. The first-order valence-electron chi connectivity index (χ1n) is 6.26. The zero-order chi connectivity index (χ0) is 12.5. The van der Waals surface area contributed by atoms with Gasteiger partial charge >= 0.3 is 0 Å². The summed E-state index contributed by atoms with van der Waals surface area (Å²) in [6.45, 7) is 9.55. The van der Waals surface area contributed by atoms with Crippen LogP contribution in [-0.2, 0) is 6.54 Å². The van der Waals surface area contributed by atoms with Crippen molar-refractivity contribution in [1.29, 1.82) is 0 Å². The smallest absolute Gasteiger partial charge is 0.147 e. The average Bonchev–Trinajstić information content (AvgIpc) is 2.78. The van der Waals surface area contributed by atoms with Crippen LogP contribution in [0.25, 0.3) is 0 Å². The third kappa shape index (κ3) is 2.75. The third-order valence-electron chi connectivity index (χ3n) is 3.64. The van der Waals surface area contributed by atoms with Crippen LogP contribution in [0.5, 0.6) is 0 Å². The van der Waals surface area contributed by atoms with Crippen LogP contribution < -0.4 is 10.6 Å². The highest BCUT2D eigenvalue weighted by atomic mass is 15.2. The molecular formula is C13H22N4. The quantitative estimate of drug-likeness (QED) is 0.848. The second-order valence-corrected chi connectivity index (χ2v) is 5.87. The summed E-state index contributed by atoms with van der Waals surface area (Å²) >= 11 is 0. The normalized spacial score (nSPS) is 20.9. The summed E-state index contributed by atoms with van der Waals surface area (Å²) in [6.07, 6.45) is 4.86. The van der Waals surface area contributed by atoms with Crippen molar-refractivity contribution >= 4 is 5.82 Å². The zero-order valence-corrected chi connectivity index (χ0v) is 11.0. The highest BCUT2D eigenvalue weighted by Gasteiger charge is 2.32. The van der Waals surface area contributed by atoms with Gasteiger partial charge in [-0.3, -0.25) is 4.98 Å². The van der Waals surface area contributed by atoms with Gasteiger partial charge in [-0.15, -0.1) is 0 Å².